The number of fused-ring (bicyclic) bond motifs is 2. The minimum absolute atomic E-state index is 0.623. The summed E-state index contributed by atoms with van der Waals surface area (Å²) in [7, 11) is 9.66. The number of halogens is 2. The molecule has 4 aromatic carbocycles. The van der Waals surface area contributed by atoms with E-state index in [9.17, 15) is 0 Å². The van der Waals surface area contributed by atoms with Gasteiger partial charge in [0.05, 0.1) is 13.2 Å². The third-order valence-electron chi connectivity index (χ3n) is 4.44. The molecule has 0 spiro atoms. The number of ether oxygens (including phenoxy) is 1. The molecule has 0 bridgehead atoms. The largest absolute Gasteiger partial charge is 0.543 e. The molecular formula is C26H32Cl2O2SiZr-2. The van der Waals surface area contributed by atoms with Gasteiger partial charge in [0.2, 0.25) is 0 Å². The van der Waals surface area contributed by atoms with Crippen molar-refractivity contribution in [3.05, 3.63) is 78.9 Å². The Morgan fingerprint density at radius 1 is 0.875 bits per heavy atom. The minimum atomic E-state index is -1.84. The fourth-order valence-electron chi connectivity index (χ4n) is 2.82. The first-order valence-electron chi connectivity index (χ1n) is 10.7. The van der Waals surface area contributed by atoms with Gasteiger partial charge in [0.15, 0.2) is 8.32 Å². The van der Waals surface area contributed by atoms with Crippen LogP contribution < -0.4 is 4.74 Å². The van der Waals surface area contributed by atoms with Crippen LogP contribution >= 0.6 is 17.0 Å². The average molecular weight is 567 g/mol. The van der Waals surface area contributed by atoms with Crippen LogP contribution in [0.1, 0.15) is 13.8 Å². The standard InChI is InChI=1S/C14H19O2Si.C9H7.C3H6.2ClH.Zr/c1-17(2,3)16-11-10-15-14-9-8-12-6-4-5-7-13(12)14;1-2-5-9-7-3-6-8(9)4-1;1-3-2;;;/h4-9H,10-11H2,1-3H3;1-7H;1-2H3;2*1H;/q2*-1;;;;+2/p-2. The van der Waals surface area contributed by atoms with Crippen molar-refractivity contribution in [2.75, 3.05) is 13.2 Å². The second-order valence-electron chi connectivity index (χ2n) is 8.51. The van der Waals surface area contributed by atoms with E-state index in [1.54, 1.807) is 0 Å². The van der Waals surface area contributed by atoms with Gasteiger partial charge in [0.1, 0.15) is 0 Å². The summed E-state index contributed by atoms with van der Waals surface area (Å²) in [5.74, 6) is 0.958. The van der Waals surface area contributed by atoms with E-state index in [0.29, 0.717) is 13.2 Å². The van der Waals surface area contributed by atoms with Gasteiger partial charge < -0.3 is 9.16 Å². The smallest absolute Gasteiger partial charge is 0.183 e. The van der Waals surface area contributed by atoms with E-state index >= 15 is 0 Å². The molecule has 4 aromatic rings. The number of rotatable bonds is 5. The molecule has 0 aliphatic heterocycles. The zero-order valence-corrected chi connectivity index (χ0v) is 24.5. The van der Waals surface area contributed by atoms with E-state index in [4.69, 9.17) is 26.2 Å². The summed E-state index contributed by atoms with van der Waals surface area (Å²) < 4.78 is 12.7. The Kier molecular flexibility index (Phi) is 11.6. The molecule has 6 heteroatoms. The van der Waals surface area contributed by atoms with Gasteiger partial charge in [-0.1, -0.05) is 17.5 Å². The van der Waals surface area contributed by atoms with Gasteiger partial charge in [-0.15, -0.1) is 65.4 Å². The van der Waals surface area contributed by atoms with Crippen molar-refractivity contribution in [3.63, 3.8) is 0 Å². The van der Waals surface area contributed by atoms with Gasteiger partial charge in [-0.25, -0.2) is 0 Å². The van der Waals surface area contributed by atoms with Crippen LogP contribution in [0.2, 0.25) is 19.6 Å². The molecule has 0 fully saturated rings. The van der Waals surface area contributed by atoms with Crippen molar-refractivity contribution in [2.45, 2.75) is 33.5 Å². The van der Waals surface area contributed by atoms with E-state index in [0.717, 1.165) is 5.75 Å². The van der Waals surface area contributed by atoms with Crippen LogP contribution in [-0.2, 0) is 23.3 Å². The summed E-state index contributed by atoms with van der Waals surface area (Å²) in [6.07, 6.45) is 0. The van der Waals surface area contributed by atoms with Crippen LogP contribution in [0, 0.1) is 0 Å². The summed E-state index contributed by atoms with van der Waals surface area (Å²) in [4.78, 5) is 0. The molecule has 2 nitrogen and oxygen atoms in total. The molecule has 0 unspecified atom stereocenters. The second kappa shape index (κ2) is 13.6. The Hall–Kier alpha value is -1.03. The van der Waals surface area contributed by atoms with Crippen LogP contribution in [0.5, 0.6) is 5.75 Å². The van der Waals surface area contributed by atoms with E-state index in [1.807, 2.05) is 32.0 Å². The van der Waals surface area contributed by atoms with Crippen molar-refractivity contribution >= 4 is 50.1 Å². The predicted octanol–water partition coefficient (Wildman–Crippen LogP) is 8.47. The molecule has 4 rings (SSSR count). The summed E-state index contributed by atoms with van der Waals surface area (Å²) in [5, 5.41) is 5.07. The van der Waals surface area contributed by atoms with E-state index in [2.05, 4.69) is 80.3 Å². The topological polar surface area (TPSA) is 18.5 Å². The van der Waals surface area contributed by atoms with Crippen molar-refractivity contribution in [2.24, 2.45) is 0 Å². The third kappa shape index (κ3) is 9.85. The average Bonchev–Trinajstić information content (AvgIpc) is 3.38. The maximum Gasteiger partial charge on any atom is 0.183 e. The Labute approximate surface area is 208 Å². The van der Waals surface area contributed by atoms with Crippen LogP contribution in [0.25, 0.3) is 21.5 Å². The zero-order valence-electron chi connectivity index (χ0n) is 19.5. The third-order valence-corrected chi connectivity index (χ3v) is 11.8. The molecule has 172 valence electrons. The fraction of sp³-hybridized carbons (Fsp3) is 0.269. The van der Waals surface area contributed by atoms with Crippen molar-refractivity contribution in [1.82, 2.24) is 0 Å². The van der Waals surface area contributed by atoms with Gasteiger partial charge in [-0.05, 0) is 19.6 Å². The molecule has 0 aromatic heterocycles. The van der Waals surface area contributed by atoms with Crippen LogP contribution in [-0.4, -0.2) is 24.7 Å². The van der Waals surface area contributed by atoms with Gasteiger partial charge in [0.25, 0.3) is 0 Å². The van der Waals surface area contributed by atoms with Gasteiger partial charge >= 0.3 is 53.0 Å². The van der Waals surface area contributed by atoms with Gasteiger partial charge in [-0.3, -0.25) is 0 Å². The van der Waals surface area contributed by atoms with Crippen molar-refractivity contribution in [3.8, 4) is 5.75 Å². The molecule has 0 aliphatic rings. The SMILES string of the molecule is C[C](C)=[Zr]([Cl])[Cl].C[Si](C)(C)OCCOc1c[cH-]c2ccccc12.c1ccc2[cH-]ccc2c1. The maximum atomic E-state index is 5.75. The maximum absolute atomic E-state index is 5.75. The predicted molar refractivity (Wildman–Crippen MR) is 142 cm³/mol. The van der Waals surface area contributed by atoms with Crippen LogP contribution in [0.15, 0.2) is 78.9 Å². The molecule has 0 amide bonds. The molecule has 0 saturated heterocycles. The van der Waals surface area contributed by atoms with Crippen LogP contribution in [0.4, 0.5) is 0 Å². The number of benzene rings is 2. The Bertz CT molecular complexity index is 1080. The summed E-state index contributed by atoms with van der Waals surface area (Å²) in [6.45, 7) is 11.8. The zero-order chi connectivity index (χ0) is 23.6. The second-order valence-corrected chi connectivity index (χ2v) is 22.4. The molecule has 0 heterocycles. The monoisotopic (exact) mass is 564 g/mol. The minimum Gasteiger partial charge on any atom is -0.543 e. The Morgan fingerprint density at radius 2 is 1.50 bits per heavy atom. The molecule has 0 saturated carbocycles. The Balaban J connectivity index is 0.000000201. The molecular weight excluding hydrogens is 535 g/mol. The normalized spacial score (nSPS) is 10.7. The molecule has 0 atom stereocenters. The molecule has 0 radical (unpaired) electrons. The first-order valence-corrected chi connectivity index (χ1v) is 21.6. The molecule has 0 aliphatic carbocycles. The first-order chi connectivity index (χ1) is 15.2. The quantitative estimate of drug-likeness (QED) is 0.137. The summed E-state index contributed by atoms with van der Waals surface area (Å²) in [5.41, 5.74) is 0. The molecule has 0 N–H and O–H groups in total. The first kappa shape index (κ1) is 27.2. The Morgan fingerprint density at radius 3 is 2.12 bits per heavy atom. The van der Waals surface area contributed by atoms with E-state index in [1.165, 1.54) is 24.8 Å². The van der Waals surface area contributed by atoms with E-state index in [-0.39, 0.29) is 0 Å². The number of hydrogen-bond donors (Lipinski definition) is 0. The fourth-order valence-corrected chi connectivity index (χ4v) is 3.51. The van der Waals surface area contributed by atoms with Gasteiger partial charge in [0, 0.05) is 5.75 Å². The van der Waals surface area contributed by atoms with Crippen LogP contribution in [0.3, 0.4) is 0 Å². The molecule has 32 heavy (non-hydrogen) atoms. The number of hydrogen-bond acceptors (Lipinski definition) is 2. The van der Waals surface area contributed by atoms with E-state index < -0.39 is 27.2 Å². The summed E-state index contributed by atoms with van der Waals surface area (Å²) >= 11 is -1.84. The van der Waals surface area contributed by atoms with Gasteiger partial charge in [-0.2, -0.15) is 17.5 Å². The van der Waals surface area contributed by atoms with Crippen molar-refractivity contribution in [1.29, 1.82) is 0 Å². The van der Waals surface area contributed by atoms with Crippen molar-refractivity contribution < 1.29 is 28.0 Å². The summed E-state index contributed by atoms with van der Waals surface area (Å²) in [6, 6.07) is 27.0.